The minimum atomic E-state index is -0.272. The minimum Gasteiger partial charge on any atom is -0.461 e. The number of carbonyl (C=O) groups excluding carboxylic acids is 1. The highest BCUT2D eigenvalue weighted by molar-refractivity contribution is 5.82. The van der Waals surface area contributed by atoms with Gasteiger partial charge in [-0.1, -0.05) is 34.6 Å². The number of carbonyl (C=O) groups is 1. The predicted molar refractivity (Wildman–Crippen MR) is 82.6 cm³/mol. The minimum absolute atomic E-state index is 0.00289. The quantitative estimate of drug-likeness (QED) is 0.668. The molecule has 21 heavy (non-hydrogen) atoms. The van der Waals surface area contributed by atoms with Gasteiger partial charge >= 0.3 is 5.97 Å². The zero-order valence-corrected chi connectivity index (χ0v) is 14.5. The molecule has 0 aromatic carbocycles. The van der Waals surface area contributed by atoms with Crippen LogP contribution in [-0.4, -0.2) is 12.1 Å². The third-order valence-corrected chi connectivity index (χ3v) is 9.37. The van der Waals surface area contributed by atoms with Gasteiger partial charge in [-0.2, -0.15) is 0 Å². The lowest BCUT2D eigenvalue weighted by molar-refractivity contribution is -0.160. The van der Waals surface area contributed by atoms with Crippen LogP contribution in [0.5, 0.6) is 0 Å². The van der Waals surface area contributed by atoms with Gasteiger partial charge in [0.1, 0.15) is 6.10 Å². The van der Waals surface area contributed by atoms with E-state index in [1.165, 1.54) is 19.3 Å². The van der Waals surface area contributed by atoms with E-state index in [1.54, 1.807) is 0 Å². The van der Waals surface area contributed by atoms with Gasteiger partial charge in [-0.15, -0.1) is 0 Å². The molecule has 0 N–H and O–H groups in total. The molecule has 4 aliphatic rings. The number of esters is 1. The predicted octanol–water partition coefficient (Wildman–Crippen LogP) is 4.43. The fourth-order valence-electron chi connectivity index (χ4n) is 6.88. The van der Waals surface area contributed by atoms with E-state index in [9.17, 15) is 4.79 Å². The zero-order valence-electron chi connectivity index (χ0n) is 14.5. The van der Waals surface area contributed by atoms with Crippen molar-refractivity contribution in [1.29, 1.82) is 0 Å². The van der Waals surface area contributed by atoms with Crippen molar-refractivity contribution in [2.75, 3.05) is 0 Å². The molecule has 3 saturated carbocycles. The molecule has 6 unspecified atom stereocenters. The Kier molecular flexibility index (Phi) is 2.36. The maximum absolute atomic E-state index is 12.6. The summed E-state index contributed by atoms with van der Waals surface area (Å²) < 4.78 is 5.69. The molecule has 1 heterocycles. The summed E-state index contributed by atoms with van der Waals surface area (Å²) in [7, 11) is 0. The number of hydrogen-bond donors (Lipinski definition) is 0. The van der Waals surface area contributed by atoms with E-state index in [-0.39, 0.29) is 22.9 Å². The first-order chi connectivity index (χ1) is 9.57. The standard InChI is InChI=1S/C19H30O2/c1-16(2)11-7-8-18(16,5)12(9-11)13-10-14-17(3,4)19(13,6)15(20)21-14/h11-14H,7-10H2,1-6H3. The summed E-state index contributed by atoms with van der Waals surface area (Å²) in [5.74, 6) is 2.16. The molecule has 3 aliphatic carbocycles. The smallest absolute Gasteiger partial charge is 0.313 e. The lowest BCUT2D eigenvalue weighted by atomic mass is 9.56. The van der Waals surface area contributed by atoms with Crippen LogP contribution in [0, 0.1) is 39.4 Å². The van der Waals surface area contributed by atoms with Crippen molar-refractivity contribution in [3.8, 4) is 0 Å². The second kappa shape index (κ2) is 3.51. The monoisotopic (exact) mass is 290 g/mol. The zero-order chi connectivity index (χ0) is 15.4. The van der Waals surface area contributed by atoms with E-state index in [2.05, 4.69) is 41.5 Å². The second-order valence-corrected chi connectivity index (χ2v) is 9.88. The first-order valence-corrected chi connectivity index (χ1v) is 8.78. The van der Waals surface area contributed by atoms with Crippen LogP contribution in [0.4, 0.5) is 0 Å². The Morgan fingerprint density at radius 2 is 1.62 bits per heavy atom. The molecule has 1 aliphatic heterocycles. The van der Waals surface area contributed by atoms with Crippen LogP contribution < -0.4 is 0 Å². The van der Waals surface area contributed by atoms with Gasteiger partial charge in [0.25, 0.3) is 0 Å². The molecule has 4 bridgehead atoms. The van der Waals surface area contributed by atoms with Crippen LogP contribution >= 0.6 is 0 Å². The van der Waals surface area contributed by atoms with Crippen LogP contribution in [-0.2, 0) is 9.53 Å². The molecule has 6 atom stereocenters. The lowest BCUT2D eigenvalue weighted by Crippen LogP contribution is -2.46. The molecule has 0 amide bonds. The summed E-state index contributed by atoms with van der Waals surface area (Å²) in [5.41, 5.74) is 0.569. The van der Waals surface area contributed by atoms with E-state index >= 15 is 0 Å². The van der Waals surface area contributed by atoms with Gasteiger partial charge < -0.3 is 4.74 Å². The first kappa shape index (κ1) is 14.1. The fraction of sp³-hybridized carbons (Fsp3) is 0.947. The number of hydrogen-bond acceptors (Lipinski definition) is 2. The molecule has 2 nitrogen and oxygen atoms in total. The highest BCUT2D eigenvalue weighted by Crippen LogP contribution is 2.75. The topological polar surface area (TPSA) is 26.3 Å². The Hall–Kier alpha value is -0.530. The molecule has 4 rings (SSSR count). The number of ether oxygens (including phenoxy) is 1. The maximum Gasteiger partial charge on any atom is 0.313 e. The van der Waals surface area contributed by atoms with Crippen molar-refractivity contribution in [3.63, 3.8) is 0 Å². The van der Waals surface area contributed by atoms with Gasteiger partial charge in [0.15, 0.2) is 0 Å². The van der Waals surface area contributed by atoms with Gasteiger partial charge in [0.2, 0.25) is 0 Å². The average molecular weight is 290 g/mol. The van der Waals surface area contributed by atoms with Crippen LogP contribution in [0.25, 0.3) is 0 Å². The molecule has 1 saturated heterocycles. The lowest BCUT2D eigenvalue weighted by Gasteiger charge is -2.47. The van der Waals surface area contributed by atoms with Gasteiger partial charge in [-0.05, 0) is 61.2 Å². The van der Waals surface area contributed by atoms with Gasteiger partial charge in [0.05, 0.1) is 5.41 Å². The van der Waals surface area contributed by atoms with E-state index < -0.39 is 0 Å². The Bertz CT molecular complexity index is 520. The van der Waals surface area contributed by atoms with E-state index in [4.69, 9.17) is 4.74 Å². The SMILES string of the molecule is CC1(C)C2CCC1(C)C(C1CC3OC(=O)C1(C)C3(C)C)C2. The summed E-state index contributed by atoms with van der Waals surface area (Å²) in [4.78, 5) is 12.6. The Morgan fingerprint density at radius 3 is 2.05 bits per heavy atom. The van der Waals surface area contributed by atoms with Gasteiger partial charge in [-0.3, -0.25) is 4.79 Å². The van der Waals surface area contributed by atoms with Crippen LogP contribution in [0.15, 0.2) is 0 Å². The van der Waals surface area contributed by atoms with Crippen molar-refractivity contribution in [2.45, 2.75) is 73.3 Å². The van der Waals surface area contributed by atoms with Gasteiger partial charge in [0, 0.05) is 5.41 Å². The summed E-state index contributed by atoms with van der Waals surface area (Å²) in [6.45, 7) is 14.2. The van der Waals surface area contributed by atoms with E-state index in [1.807, 2.05) is 0 Å². The molecule has 0 spiro atoms. The summed E-state index contributed by atoms with van der Waals surface area (Å²) in [5, 5.41) is 0. The third kappa shape index (κ3) is 1.23. The van der Waals surface area contributed by atoms with Crippen LogP contribution in [0.3, 0.4) is 0 Å². The fourth-order valence-corrected chi connectivity index (χ4v) is 6.88. The largest absolute Gasteiger partial charge is 0.461 e. The van der Waals surface area contributed by atoms with Gasteiger partial charge in [-0.25, -0.2) is 0 Å². The summed E-state index contributed by atoms with van der Waals surface area (Å²) in [6, 6.07) is 0. The Morgan fingerprint density at radius 1 is 0.952 bits per heavy atom. The highest BCUT2D eigenvalue weighted by Gasteiger charge is 2.74. The molecule has 0 radical (unpaired) electrons. The van der Waals surface area contributed by atoms with Crippen LogP contribution in [0.2, 0.25) is 0 Å². The first-order valence-electron chi connectivity index (χ1n) is 8.78. The Balaban J connectivity index is 1.76. The molecule has 4 fully saturated rings. The molecule has 0 aromatic heterocycles. The van der Waals surface area contributed by atoms with E-state index in [0.29, 0.717) is 22.7 Å². The molecule has 2 heteroatoms. The van der Waals surface area contributed by atoms with Crippen molar-refractivity contribution in [3.05, 3.63) is 0 Å². The van der Waals surface area contributed by atoms with Crippen molar-refractivity contribution >= 4 is 5.97 Å². The second-order valence-electron chi connectivity index (χ2n) is 9.88. The van der Waals surface area contributed by atoms with Crippen molar-refractivity contribution < 1.29 is 9.53 Å². The number of fused-ring (bicyclic) bond motifs is 4. The average Bonchev–Trinajstić information content (AvgIpc) is 2.87. The summed E-state index contributed by atoms with van der Waals surface area (Å²) >= 11 is 0. The molecular formula is C19H30O2. The van der Waals surface area contributed by atoms with Crippen molar-refractivity contribution in [1.82, 2.24) is 0 Å². The maximum atomic E-state index is 12.6. The molecular weight excluding hydrogens is 260 g/mol. The van der Waals surface area contributed by atoms with Crippen molar-refractivity contribution in [2.24, 2.45) is 39.4 Å². The summed E-state index contributed by atoms with van der Waals surface area (Å²) in [6.07, 6.45) is 5.31. The third-order valence-electron chi connectivity index (χ3n) is 9.37. The Labute approximate surface area is 129 Å². The van der Waals surface area contributed by atoms with E-state index in [0.717, 1.165) is 12.3 Å². The highest BCUT2D eigenvalue weighted by atomic mass is 16.6. The molecule has 118 valence electrons. The van der Waals surface area contributed by atoms with Crippen LogP contribution in [0.1, 0.15) is 67.2 Å². The number of rotatable bonds is 1. The normalized spacial score (nSPS) is 56.0. The molecule has 0 aromatic rings.